The van der Waals surface area contributed by atoms with Gasteiger partial charge in [0.1, 0.15) is 5.75 Å². The summed E-state index contributed by atoms with van der Waals surface area (Å²) in [7, 11) is 0. The van der Waals surface area contributed by atoms with Crippen LogP contribution < -0.4 is 5.32 Å². The van der Waals surface area contributed by atoms with E-state index in [4.69, 9.17) is 0 Å². The van der Waals surface area contributed by atoms with Gasteiger partial charge in [-0.1, -0.05) is 19.1 Å². The Kier molecular flexibility index (Phi) is 4.75. The smallest absolute Gasteiger partial charge is 0.115 e. The number of rotatable bonds is 5. The zero-order chi connectivity index (χ0) is 12.1. The molecule has 0 amide bonds. The van der Waals surface area contributed by atoms with Gasteiger partial charge in [-0.2, -0.15) is 11.8 Å². The van der Waals surface area contributed by atoms with Crippen LogP contribution in [-0.4, -0.2) is 29.2 Å². The quantitative estimate of drug-likeness (QED) is 0.844. The molecular weight excluding hydrogens is 230 g/mol. The maximum absolute atomic E-state index is 9.47. The Labute approximate surface area is 108 Å². The highest BCUT2D eigenvalue weighted by atomic mass is 32.2. The van der Waals surface area contributed by atoms with E-state index in [1.54, 1.807) is 6.07 Å². The predicted molar refractivity (Wildman–Crippen MR) is 74.7 cm³/mol. The lowest BCUT2D eigenvalue weighted by Gasteiger charge is -2.20. The molecule has 1 heterocycles. The van der Waals surface area contributed by atoms with E-state index in [-0.39, 0.29) is 0 Å². The van der Waals surface area contributed by atoms with Crippen molar-refractivity contribution in [2.24, 2.45) is 5.92 Å². The lowest BCUT2D eigenvalue weighted by Crippen LogP contribution is -2.36. The average Bonchev–Trinajstić information content (AvgIpc) is 2.74. The molecule has 0 radical (unpaired) electrons. The summed E-state index contributed by atoms with van der Waals surface area (Å²) in [6.45, 7) is 3.32. The molecular formula is C14H21NOS. The second-order valence-corrected chi connectivity index (χ2v) is 5.81. The predicted octanol–water partition coefficient (Wildman–Crippen LogP) is 2.67. The molecule has 17 heavy (non-hydrogen) atoms. The summed E-state index contributed by atoms with van der Waals surface area (Å²) in [5.74, 6) is 3.54. The molecule has 2 unspecified atom stereocenters. The summed E-state index contributed by atoms with van der Waals surface area (Å²) in [6.07, 6.45) is 2.27. The van der Waals surface area contributed by atoms with Crippen LogP contribution >= 0.6 is 11.8 Å². The Balaban J connectivity index is 1.93. The molecule has 0 aliphatic carbocycles. The van der Waals surface area contributed by atoms with Crippen molar-refractivity contribution in [2.75, 3.05) is 18.1 Å². The van der Waals surface area contributed by atoms with Gasteiger partial charge in [0.05, 0.1) is 0 Å². The fourth-order valence-electron chi connectivity index (χ4n) is 2.34. The molecule has 1 aromatic rings. The Hall–Kier alpha value is -0.670. The molecule has 1 fully saturated rings. The molecule has 2 N–H and O–H groups in total. The second-order valence-electron chi connectivity index (χ2n) is 4.73. The molecule has 2 rings (SSSR count). The average molecular weight is 251 g/mol. The van der Waals surface area contributed by atoms with Gasteiger partial charge >= 0.3 is 0 Å². The van der Waals surface area contributed by atoms with Crippen molar-refractivity contribution in [1.29, 1.82) is 0 Å². The first-order valence-corrected chi connectivity index (χ1v) is 7.54. The van der Waals surface area contributed by atoms with Crippen molar-refractivity contribution in [2.45, 2.75) is 25.8 Å². The normalized spacial score (nSPS) is 24.1. The highest BCUT2D eigenvalue weighted by molar-refractivity contribution is 7.99. The minimum Gasteiger partial charge on any atom is -0.508 e. The topological polar surface area (TPSA) is 32.3 Å². The van der Waals surface area contributed by atoms with Crippen LogP contribution in [0.25, 0.3) is 0 Å². The molecule has 0 bridgehead atoms. The first kappa shape index (κ1) is 12.8. The van der Waals surface area contributed by atoms with E-state index >= 15 is 0 Å². The molecule has 2 atom stereocenters. The molecule has 0 saturated carbocycles. The molecule has 1 aliphatic rings. The number of phenolic OH excluding ortho intramolecular Hbond substituents is 1. The largest absolute Gasteiger partial charge is 0.508 e. The maximum Gasteiger partial charge on any atom is 0.115 e. The van der Waals surface area contributed by atoms with Crippen LogP contribution in [0.3, 0.4) is 0 Å². The molecule has 1 aliphatic heterocycles. The van der Waals surface area contributed by atoms with Gasteiger partial charge in [-0.25, -0.2) is 0 Å². The van der Waals surface area contributed by atoms with Gasteiger partial charge in [-0.3, -0.25) is 0 Å². The van der Waals surface area contributed by atoms with Gasteiger partial charge < -0.3 is 10.4 Å². The number of hydrogen-bond acceptors (Lipinski definition) is 3. The van der Waals surface area contributed by atoms with E-state index in [0.717, 1.165) is 13.0 Å². The Morgan fingerprint density at radius 3 is 3.06 bits per heavy atom. The standard InChI is InChI=1S/C14H21NOS/c1-2-6-15-14-10-17-9-12(14)7-11-4-3-5-13(16)8-11/h3-5,8,12,14-16H,2,6-7,9-10H2,1H3. The van der Waals surface area contributed by atoms with Crippen molar-refractivity contribution >= 4 is 11.8 Å². The van der Waals surface area contributed by atoms with Gasteiger partial charge in [0.25, 0.3) is 0 Å². The van der Waals surface area contributed by atoms with Gasteiger partial charge in [0.2, 0.25) is 0 Å². The van der Waals surface area contributed by atoms with Crippen molar-refractivity contribution in [3.8, 4) is 5.75 Å². The van der Waals surface area contributed by atoms with Crippen LogP contribution in [0.1, 0.15) is 18.9 Å². The lowest BCUT2D eigenvalue weighted by molar-refractivity contribution is 0.423. The first-order chi connectivity index (χ1) is 8.29. The highest BCUT2D eigenvalue weighted by Gasteiger charge is 2.27. The van der Waals surface area contributed by atoms with E-state index < -0.39 is 0 Å². The molecule has 2 nitrogen and oxygen atoms in total. The lowest BCUT2D eigenvalue weighted by atomic mass is 9.95. The molecule has 0 aromatic heterocycles. The van der Waals surface area contributed by atoms with Gasteiger partial charge in [0, 0.05) is 11.8 Å². The zero-order valence-electron chi connectivity index (χ0n) is 10.4. The monoisotopic (exact) mass is 251 g/mol. The zero-order valence-corrected chi connectivity index (χ0v) is 11.2. The fourth-order valence-corrected chi connectivity index (χ4v) is 3.77. The third-order valence-electron chi connectivity index (χ3n) is 3.26. The van der Waals surface area contributed by atoms with Crippen LogP contribution in [0.2, 0.25) is 0 Å². The second kappa shape index (κ2) is 6.31. The number of hydrogen-bond donors (Lipinski definition) is 2. The summed E-state index contributed by atoms with van der Waals surface area (Å²) < 4.78 is 0. The SMILES string of the molecule is CCCNC1CSCC1Cc1cccc(O)c1. The van der Waals surface area contributed by atoms with Crippen molar-refractivity contribution in [1.82, 2.24) is 5.32 Å². The van der Waals surface area contributed by atoms with Crippen LogP contribution in [-0.2, 0) is 6.42 Å². The maximum atomic E-state index is 9.47. The Morgan fingerprint density at radius 2 is 2.29 bits per heavy atom. The Bertz CT molecular complexity index is 356. The summed E-state index contributed by atoms with van der Waals surface area (Å²) in [6, 6.07) is 8.31. The summed E-state index contributed by atoms with van der Waals surface area (Å²) in [4.78, 5) is 0. The molecule has 0 spiro atoms. The minimum atomic E-state index is 0.381. The molecule has 1 aromatic carbocycles. The third kappa shape index (κ3) is 3.65. The third-order valence-corrected chi connectivity index (χ3v) is 4.52. The van der Waals surface area contributed by atoms with E-state index in [9.17, 15) is 5.11 Å². The van der Waals surface area contributed by atoms with E-state index in [0.29, 0.717) is 17.7 Å². The van der Waals surface area contributed by atoms with Gasteiger partial charge in [0.15, 0.2) is 0 Å². The van der Waals surface area contributed by atoms with Crippen molar-refractivity contribution in [3.63, 3.8) is 0 Å². The molecule has 1 saturated heterocycles. The van der Waals surface area contributed by atoms with E-state index in [2.05, 4.69) is 18.3 Å². The number of phenols is 1. The number of aromatic hydroxyl groups is 1. The van der Waals surface area contributed by atoms with Gasteiger partial charge in [-0.05, 0) is 48.8 Å². The number of thioether (sulfide) groups is 1. The Morgan fingerprint density at radius 1 is 1.41 bits per heavy atom. The van der Waals surface area contributed by atoms with E-state index in [1.165, 1.54) is 23.5 Å². The summed E-state index contributed by atoms with van der Waals surface area (Å²) >= 11 is 2.04. The van der Waals surface area contributed by atoms with Crippen LogP contribution in [0.4, 0.5) is 0 Å². The molecule has 3 heteroatoms. The van der Waals surface area contributed by atoms with Crippen molar-refractivity contribution in [3.05, 3.63) is 29.8 Å². The summed E-state index contributed by atoms with van der Waals surface area (Å²) in [5, 5.41) is 13.1. The van der Waals surface area contributed by atoms with E-state index in [1.807, 2.05) is 23.9 Å². The summed E-state index contributed by atoms with van der Waals surface area (Å²) in [5.41, 5.74) is 1.25. The van der Waals surface area contributed by atoms with Crippen LogP contribution in [0, 0.1) is 5.92 Å². The van der Waals surface area contributed by atoms with Gasteiger partial charge in [-0.15, -0.1) is 0 Å². The fraction of sp³-hybridized carbons (Fsp3) is 0.571. The number of nitrogens with one attached hydrogen (secondary N) is 1. The van der Waals surface area contributed by atoms with Crippen LogP contribution in [0.5, 0.6) is 5.75 Å². The first-order valence-electron chi connectivity index (χ1n) is 6.38. The highest BCUT2D eigenvalue weighted by Crippen LogP contribution is 2.28. The van der Waals surface area contributed by atoms with Crippen LogP contribution in [0.15, 0.2) is 24.3 Å². The number of benzene rings is 1. The molecule has 94 valence electrons. The minimum absolute atomic E-state index is 0.381. The van der Waals surface area contributed by atoms with Crippen molar-refractivity contribution < 1.29 is 5.11 Å².